The number of anilines is 1. The van der Waals surface area contributed by atoms with E-state index in [-0.39, 0.29) is 5.91 Å². The van der Waals surface area contributed by atoms with E-state index in [1.54, 1.807) is 6.92 Å². The molecule has 5 nitrogen and oxygen atoms in total. The molecule has 0 spiro atoms. The first kappa shape index (κ1) is 17.5. The van der Waals surface area contributed by atoms with Crippen molar-refractivity contribution in [2.45, 2.75) is 19.0 Å². The molecule has 1 atom stereocenters. The van der Waals surface area contributed by atoms with Gasteiger partial charge in [0.25, 0.3) is 0 Å². The molecule has 1 aliphatic heterocycles. The molecule has 5 heteroatoms. The highest BCUT2D eigenvalue weighted by molar-refractivity contribution is 5.87. The fraction of sp³-hybridized carbons (Fsp3) is 0.350. The Hall–Kier alpha value is -2.37. The van der Waals surface area contributed by atoms with Crippen LogP contribution in [0.2, 0.25) is 0 Å². The number of hydrogen-bond acceptors (Lipinski definition) is 4. The molecule has 25 heavy (non-hydrogen) atoms. The van der Waals surface area contributed by atoms with Gasteiger partial charge in [0, 0.05) is 25.3 Å². The number of morpholine rings is 1. The molecule has 1 saturated heterocycles. The molecule has 132 valence electrons. The summed E-state index contributed by atoms with van der Waals surface area (Å²) in [6.07, 6.45) is 0. The number of ether oxygens (including phenoxy) is 1. The second-order valence-electron chi connectivity index (χ2n) is 6.48. The summed E-state index contributed by atoms with van der Waals surface area (Å²) in [7, 11) is 0. The molecule has 0 saturated carbocycles. The summed E-state index contributed by atoms with van der Waals surface area (Å²) in [6, 6.07) is 17.6. The third-order valence-electron chi connectivity index (χ3n) is 4.63. The lowest BCUT2D eigenvalue weighted by molar-refractivity contribution is -0.126. The minimum absolute atomic E-state index is 0.185. The maximum atomic E-state index is 12.7. The quantitative estimate of drug-likeness (QED) is 0.874. The number of nitrogens with zero attached hydrogens (tertiary/aromatic N) is 1. The number of para-hydroxylation sites is 1. The highest BCUT2D eigenvalue weighted by Crippen LogP contribution is 2.22. The van der Waals surface area contributed by atoms with Crippen molar-refractivity contribution in [1.82, 2.24) is 5.32 Å². The van der Waals surface area contributed by atoms with Crippen LogP contribution in [0.25, 0.3) is 0 Å². The summed E-state index contributed by atoms with van der Waals surface area (Å²) in [6.45, 7) is 5.38. The first-order chi connectivity index (χ1) is 12.1. The van der Waals surface area contributed by atoms with Crippen molar-refractivity contribution in [2.75, 3.05) is 31.2 Å². The molecular formula is C20H25N3O2. The number of benzene rings is 2. The molecule has 2 aromatic carbocycles. The summed E-state index contributed by atoms with van der Waals surface area (Å²) >= 11 is 0. The molecule has 1 aliphatic rings. The topological polar surface area (TPSA) is 67.6 Å². The van der Waals surface area contributed by atoms with Crippen LogP contribution in [-0.4, -0.2) is 32.2 Å². The molecule has 2 aromatic rings. The molecular weight excluding hydrogens is 314 g/mol. The van der Waals surface area contributed by atoms with E-state index < -0.39 is 5.54 Å². The van der Waals surface area contributed by atoms with Gasteiger partial charge in [-0.1, -0.05) is 48.5 Å². The Bertz CT molecular complexity index is 710. The highest BCUT2D eigenvalue weighted by Gasteiger charge is 2.30. The zero-order valence-corrected chi connectivity index (χ0v) is 14.6. The third kappa shape index (κ3) is 4.00. The monoisotopic (exact) mass is 339 g/mol. The van der Waals surface area contributed by atoms with Crippen molar-refractivity contribution in [3.63, 3.8) is 0 Å². The average Bonchev–Trinajstić information content (AvgIpc) is 2.67. The van der Waals surface area contributed by atoms with E-state index in [9.17, 15) is 4.79 Å². The van der Waals surface area contributed by atoms with Gasteiger partial charge in [0.2, 0.25) is 5.91 Å². The Balaban J connectivity index is 1.70. The molecule has 0 aromatic heterocycles. The van der Waals surface area contributed by atoms with Gasteiger partial charge < -0.3 is 20.7 Å². The van der Waals surface area contributed by atoms with E-state index in [4.69, 9.17) is 10.5 Å². The molecule has 3 N–H and O–H groups in total. The number of amides is 1. The lowest BCUT2D eigenvalue weighted by atomic mass is 9.92. The Morgan fingerprint density at radius 2 is 1.76 bits per heavy atom. The second-order valence-corrected chi connectivity index (χ2v) is 6.48. The molecule has 3 rings (SSSR count). The number of hydrogen-bond donors (Lipinski definition) is 2. The van der Waals surface area contributed by atoms with Crippen LogP contribution < -0.4 is 16.0 Å². The number of carbonyl (C=O) groups is 1. The third-order valence-corrected chi connectivity index (χ3v) is 4.63. The number of carbonyl (C=O) groups excluding carboxylic acids is 1. The maximum Gasteiger partial charge on any atom is 0.244 e. The summed E-state index contributed by atoms with van der Waals surface area (Å²) in [4.78, 5) is 15.0. The second kappa shape index (κ2) is 7.68. The van der Waals surface area contributed by atoms with Crippen LogP contribution in [0.1, 0.15) is 18.1 Å². The fourth-order valence-electron chi connectivity index (χ4n) is 3.05. The summed E-state index contributed by atoms with van der Waals surface area (Å²) < 4.78 is 5.43. The minimum Gasteiger partial charge on any atom is -0.378 e. The molecule has 0 bridgehead atoms. The molecule has 0 aliphatic carbocycles. The van der Waals surface area contributed by atoms with Crippen LogP contribution in [0.5, 0.6) is 0 Å². The van der Waals surface area contributed by atoms with Crippen LogP contribution in [-0.2, 0) is 21.6 Å². The fourth-order valence-corrected chi connectivity index (χ4v) is 3.05. The largest absolute Gasteiger partial charge is 0.378 e. The Kier molecular flexibility index (Phi) is 5.36. The SMILES string of the molecule is CC(N)(C(=O)NCc1ccccc1N1CCOCC1)c1ccccc1. The number of nitrogens with two attached hydrogens (primary N) is 1. The van der Waals surface area contributed by atoms with Crippen molar-refractivity contribution < 1.29 is 9.53 Å². The lowest BCUT2D eigenvalue weighted by Gasteiger charge is -2.31. The first-order valence-electron chi connectivity index (χ1n) is 8.62. The van der Waals surface area contributed by atoms with Gasteiger partial charge in [0.05, 0.1) is 13.2 Å². The molecule has 1 heterocycles. The van der Waals surface area contributed by atoms with Crippen molar-refractivity contribution in [3.8, 4) is 0 Å². The van der Waals surface area contributed by atoms with Crippen molar-refractivity contribution >= 4 is 11.6 Å². The van der Waals surface area contributed by atoms with Gasteiger partial charge in [-0.2, -0.15) is 0 Å². The summed E-state index contributed by atoms with van der Waals surface area (Å²) in [5.74, 6) is -0.185. The van der Waals surface area contributed by atoms with E-state index in [1.165, 1.54) is 0 Å². The van der Waals surface area contributed by atoms with Crippen molar-refractivity contribution in [2.24, 2.45) is 5.73 Å². The van der Waals surface area contributed by atoms with Crippen molar-refractivity contribution in [1.29, 1.82) is 0 Å². The first-order valence-corrected chi connectivity index (χ1v) is 8.62. The molecule has 1 amide bonds. The van der Waals surface area contributed by atoms with Crippen LogP contribution in [0.4, 0.5) is 5.69 Å². The van der Waals surface area contributed by atoms with E-state index in [0.29, 0.717) is 6.54 Å². The highest BCUT2D eigenvalue weighted by atomic mass is 16.5. The Morgan fingerprint density at radius 3 is 2.48 bits per heavy atom. The Labute approximate surface area is 148 Å². The Morgan fingerprint density at radius 1 is 1.12 bits per heavy atom. The predicted molar refractivity (Wildman–Crippen MR) is 99.3 cm³/mol. The smallest absolute Gasteiger partial charge is 0.244 e. The minimum atomic E-state index is -1.06. The van der Waals surface area contributed by atoms with Crippen LogP contribution in [0.3, 0.4) is 0 Å². The maximum absolute atomic E-state index is 12.7. The van der Waals surface area contributed by atoms with Gasteiger partial charge in [-0.25, -0.2) is 0 Å². The average molecular weight is 339 g/mol. The lowest BCUT2D eigenvalue weighted by Crippen LogP contribution is -2.48. The van der Waals surface area contributed by atoms with E-state index >= 15 is 0 Å². The van der Waals surface area contributed by atoms with Crippen LogP contribution >= 0.6 is 0 Å². The summed E-state index contributed by atoms with van der Waals surface area (Å²) in [5, 5.41) is 3.00. The van der Waals surface area contributed by atoms with Gasteiger partial charge in [-0.05, 0) is 24.1 Å². The van der Waals surface area contributed by atoms with Gasteiger partial charge in [0.15, 0.2) is 0 Å². The van der Waals surface area contributed by atoms with Gasteiger partial charge >= 0.3 is 0 Å². The van der Waals surface area contributed by atoms with Gasteiger partial charge in [0.1, 0.15) is 5.54 Å². The van der Waals surface area contributed by atoms with E-state index in [2.05, 4.69) is 16.3 Å². The molecule has 0 radical (unpaired) electrons. The summed E-state index contributed by atoms with van der Waals surface area (Å²) in [5.41, 5.74) is 8.26. The standard InChI is InChI=1S/C20H25N3O2/c1-20(21,17-8-3-2-4-9-17)19(24)22-15-16-7-5-6-10-18(16)23-11-13-25-14-12-23/h2-10H,11-15,21H2,1H3,(H,22,24). The predicted octanol–water partition coefficient (Wildman–Crippen LogP) is 2.01. The number of nitrogens with one attached hydrogen (secondary N) is 1. The zero-order chi connectivity index (χ0) is 17.7. The normalized spacial score (nSPS) is 17.0. The van der Waals surface area contributed by atoms with Crippen LogP contribution in [0, 0.1) is 0 Å². The number of rotatable bonds is 5. The zero-order valence-electron chi connectivity index (χ0n) is 14.6. The van der Waals surface area contributed by atoms with E-state index in [0.717, 1.165) is 43.1 Å². The molecule has 1 unspecified atom stereocenters. The van der Waals surface area contributed by atoms with E-state index in [1.807, 2.05) is 48.5 Å². The van der Waals surface area contributed by atoms with Crippen molar-refractivity contribution in [3.05, 3.63) is 65.7 Å². The molecule has 1 fully saturated rings. The van der Waals surface area contributed by atoms with Crippen LogP contribution in [0.15, 0.2) is 54.6 Å². The van der Waals surface area contributed by atoms with Gasteiger partial charge in [-0.3, -0.25) is 4.79 Å². The van der Waals surface area contributed by atoms with Gasteiger partial charge in [-0.15, -0.1) is 0 Å².